The van der Waals surface area contributed by atoms with E-state index < -0.39 is 6.04 Å². The monoisotopic (exact) mass is 293 g/mol. The number of allylic oxidation sites excluding steroid dienone is 3. The SMILES string of the molecule is COc1ccc(NC(=O)C2CC(C#N)=C3C=CC=CN32)cc1. The fourth-order valence-electron chi connectivity index (χ4n) is 2.60. The number of nitrogens with zero attached hydrogens (tertiary/aromatic N) is 2. The Morgan fingerprint density at radius 2 is 2.14 bits per heavy atom. The molecule has 0 saturated heterocycles. The van der Waals surface area contributed by atoms with Gasteiger partial charge in [-0.3, -0.25) is 4.79 Å². The molecule has 2 aliphatic heterocycles. The topological polar surface area (TPSA) is 65.4 Å². The van der Waals surface area contributed by atoms with Crippen molar-refractivity contribution in [1.82, 2.24) is 4.90 Å². The molecule has 0 aliphatic carbocycles. The van der Waals surface area contributed by atoms with Crippen LogP contribution < -0.4 is 10.1 Å². The van der Waals surface area contributed by atoms with Crippen molar-refractivity contribution in [2.24, 2.45) is 0 Å². The lowest BCUT2D eigenvalue weighted by Gasteiger charge is -2.25. The van der Waals surface area contributed by atoms with E-state index in [0.29, 0.717) is 17.7 Å². The minimum atomic E-state index is -0.395. The van der Waals surface area contributed by atoms with E-state index in [1.165, 1.54) is 0 Å². The molecule has 110 valence electrons. The van der Waals surface area contributed by atoms with Crippen molar-refractivity contribution >= 4 is 11.6 Å². The van der Waals surface area contributed by atoms with Gasteiger partial charge in [0.05, 0.1) is 24.4 Å². The Morgan fingerprint density at radius 1 is 1.36 bits per heavy atom. The first kappa shape index (κ1) is 14.0. The molecule has 2 aliphatic rings. The fraction of sp³-hybridized carbons (Fsp3) is 0.176. The van der Waals surface area contributed by atoms with Crippen LogP contribution in [0.4, 0.5) is 5.69 Å². The molecular formula is C17H15N3O2. The van der Waals surface area contributed by atoms with E-state index >= 15 is 0 Å². The largest absolute Gasteiger partial charge is 0.497 e. The van der Waals surface area contributed by atoms with Gasteiger partial charge in [0.2, 0.25) is 5.91 Å². The minimum Gasteiger partial charge on any atom is -0.497 e. The molecule has 1 unspecified atom stereocenters. The van der Waals surface area contributed by atoms with Crippen LogP contribution in [0.3, 0.4) is 0 Å². The fourth-order valence-corrected chi connectivity index (χ4v) is 2.60. The Balaban J connectivity index is 1.75. The summed E-state index contributed by atoms with van der Waals surface area (Å²) >= 11 is 0. The first-order chi connectivity index (χ1) is 10.7. The number of fused-ring (bicyclic) bond motifs is 1. The third kappa shape index (κ3) is 2.47. The van der Waals surface area contributed by atoms with Gasteiger partial charge >= 0.3 is 0 Å². The molecule has 2 heterocycles. The van der Waals surface area contributed by atoms with Gasteiger partial charge in [-0.05, 0) is 36.4 Å². The van der Waals surface area contributed by atoms with Crippen molar-refractivity contribution in [3.8, 4) is 11.8 Å². The van der Waals surface area contributed by atoms with Crippen LogP contribution in [-0.2, 0) is 4.79 Å². The lowest BCUT2D eigenvalue weighted by Crippen LogP contribution is -2.37. The number of ether oxygens (including phenoxy) is 1. The van der Waals surface area contributed by atoms with Gasteiger partial charge in [-0.25, -0.2) is 0 Å². The minimum absolute atomic E-state index is 0.132. The number of hydrogen-bond donors (Lipinski definition) is 1. The number of nitriles is 1. The Hall–Kier alpha value is -3.00. The maximum Gasteiger partial charge on any atom is 0.247 e. The highest BCUT2D eigenvalue weighted by molar-refractivity contribution is 5.96. The zero-order chi connectivity index (χ0) is 15.5. The predicted molar refractivity (Wildman–Crippen MR) is 82.8 cm³/mol. The lowest BCUT2D eigenvalue weighted by molar-refractivity contribution is -0.119. The summed E-state index contributed by atoms with van der Waals surface area (Å²) < 4.78 is 5.09. The van der Waals surface area contributed by atoms with Crippen molar-refractivity contribution in [3.05, 3.63) is 60.0 Å². The predicted octanol–water partition coefficient (Wildman–Crippen LogP) is 2.57. The van der Waals surface area contributed by atoms with E-state index in [1.54, 1.807) is 31.4 Å². The standard InChI is InChI=1S/C17H15N3O2/c1-22-14-7-5-13(6-8-14)19-17(21)16-10-12(11-18)15-4-2-3-9-20(15)16/h2-9,16H,10H2,1H3,(H,19,21). The summed E-state index contributed by atoms with van der Waals surface area (Å²) in [4.78, 5) is 14.4. The summed E-state index contributed by atoms with van der Waals surface area (Å²) in [5, 5.41) is 12.1. The van der Waals surface area contributed by atoms with Crippen molar-refractivity contribution in [3.63, 3.8) is 0 Å². The molecule has 0 aromatic heterocycles. The van der Waals surface area contributed by atoms with Gasteiger partial charge in [-0.2, -0.15) is 5.26 Å². The average molecular weight is 293 g/mol. The quantitative estimate of drug-likeness (QED) is 0.930. The second-order valence-electron chi connectivity index (χ2n) is 5.02. The van der Waals surface area contributed by atoms with E-state index in [0.717, 1.165) is 11.4 Å². The number of nitrogens with one attached hydrogen (secondary N) is 1. The van der Waals surface area contributed by atoms with E-state index in [9.17, 15) is 10.1 Å². The first-order valence-electron chi connectivity index (χ1n) is 6.94. The molecule has 3 rings (SSSR count). The van der Waals surface area contributed by atoms with Crippen molar-refractivity contribution < 1.29 is 9.53 Å². The summed E-state index contributed by atoms with van der Waals surface area (Å²) in [5.41, 5.74) is 2.14. The highest BCUT2D eigenvalue weighted by atomic mass is 16.5. The van der Waals surface area contributed by atoms with Crippen LogP contribution in [0, 0.1) is 11.3 Å². The highest BCUT2D eigenvalue weighted by Gasteiger charge is 2.35. The van der Waals surface area contributed by atoms with Crippen LogP contribution in [0.15, 0.2) is 60.0 Å². The molecule has 1 aromatic rings. The second kappa shape index (κ2) is 5.78. The number of methoxy groups -OCH3 is 1. The number of carbonyl (C=O) groups excluding carboxylic acids is 1. The van der Waals surface area contributed by atoms with Gasteiger partial charge in [0.15, 0.2) is 0 Å². The zero-order valence-electron chi connectivity index (χ0n) is 12.1. The molecule has 1 N–H and O–H groups in total. The summed E-state index contributed by atoms with van der Waals surface area (Å²) in [5.74, 6) is 0.603. The molecule has 0 saturated carbocycles. The normalized spacial score (nSPS) is 18.9. The number of amides is 1. The molecule has 0 bridgehead atoms. The molecule has 5 nitrogen and oxygen atoms in total. The van der Waals surface area contributed by atoms with Crippen LogP contribution in [0.5, 0.6) is 5.75 Å². The third-order valence-electron chi connectivity index (χ3n) is 3.73. The van der Waals surface area contributed by atoms with Crippen molar-refractivity contribution in [2.75, 3.05) is 12.4 Å². The van der Waals surface area contributed by atoms with Crippen LogP contribution >= 0.6 is 0 Å². The molecule has 5 heteroatoms. The summed E-state index contributed by atoms with van der Waals surface area (Å²) in [6.07, 6.45) is 7.84. The Morgan fingerprint density at radius 3 is 2.82 bits per heavy atom. The highest BCUT2D eigenvalue weighted by Crippen LogP contribution is 2.32. The van der Waals surface area contributed by atoms with Gasteiger partial charge in [0.25, 0.3) is 0 Å². The molecule has 22 heavy (non-hydrogen) atoms. The average Bonchev–Trinajstić information content (AvgIpc) is 2.94. The van der Waals surface area contributed by atoms with E-state index in [1.807, 2.05) is 29.3 Å². The summed E-state index contributed by atoms with van der Waals surface area (Å²) in [6, 6.07) is 8.95. The van der Waals surface area contributed by atoms with Crippen LogP contribution in [0.1, 0.15) is 6.42 Å². The Bertz CT molecular complexity index is 723. The van der Waals surface area contributed by atoms with Crippen LogP contribution in [0.2, 0.25) is 0 Å². The molecule has 0 spiro atoms. The maximum atomic E-state index is 12.5. The number of carbonyl (C=O) groups is 1. The molecule has 1 aromatic carbocycles. The van der Waals surface area contributed by atoms with Crippen molar-refractivity contribution in [2.45, 2.75) is 12.5 Å². The molecular weight excluding hydrogens is 278 g/mol. The smallest absolute Gasteiger partial charge is 0.247 e. The molecule has 1 atom stereocenters. The van der Waals surface area contributed by atoms with Gasteiger partial charge in [-0.1, -0.05) is 6.08 Å². The number of anilines is 1. The van der Waals surface area contributed by atoms with Crippen LogP contribution in [0.25, 0.3) is 0 Å². The van der Waals surface area contributed by atoms with E-state index in [-0.39, 0.29) is 5.91 Å². The third-order valence-corrected chi connectivity index (χ3v) is 3.73. The molecule has 1 amide bonds. The van der Waals surface area contributed by atoms with Crippen molar-refractivity contribution in [1.29, 1.82) is 5.26 Å². The second-order valence-corrected chi connectivity index (χ2v) is 5.02. The van der Waals surface area contributed by atoms with E-state index in [4.69, 9.17) is 4.74 Å². The number of rotatable bonds is 3. The number of hydrogen-bond acceptors (Lipinski definition) is 4. The van der Waals surface area contributed by atoms with Gasteiger partial charge in [0.1, 0.15) is 11.8 Å². The van der Waals surface area contributed by atoms with Crippen LogP contribution in [-0.4, -0.2) is 24.0 Å². The Labute approximate surface area is 128 Å². The summed E-state index contributed by atoms with van der Waals surface area (Å²) in [6.45, 7) is 0. The molecule has 0 radical (unpaired) electrons. The van der Waals surface area contributed by atoms with Gasteiger partial charge < -0.3 is 15.0 Å². The zero-order valence-corrected chi connectivity index (χ0v) is 12.1. The maximum absolute atomic E-state index is 12.5. The Kier molecular flexibility index (Phi) is 3.67. The summed E-state index contributed by atoms with van der Waals surface area (Å²) in [7, 11) is 1.60. The van der Waals surface area contributed by atoms with E-state index in [2.05, 4.69) is 11.4 Å². The number of benzene rings is 1. The first-order valence-corrected chi connectivity index (χ1v) is 6.94. The lowest BCUT2D eigenvalue weighted by atomic mass is 10.1. The molecule has 0 fully saturated rings. The van der Waals surface area contributed by atoms with Gasteiger partial charge in [0, 0.05) is 18.3 Å². The van der Waals surface area contributed by atoms with Gasteiger partial charge in [-0.15, -0.1) is 0 Å².